The lowest BCUT2D eigenvalue weighted by Gasteiger charge is -2.22. The maximum atomic E-state index is 13.7. The summed E-state index contributed by atoms with van der Waals surface area (Å²) in [6, 6.07) is 3.02. The minimum atomic E-state index is -0.636. The molecule has 2 aliphatic rings. The predicted molar refractivity (Wildman–Crippen MR) is 70.4 cm³/mol. The fraction of sp³-hybridized carbons (Fsp3) is 0.533. The third kappa shape index (κ3) is 2.65. The molecule has 2 fully saturated rings. The first-order valence-corrected chi connectivity index (χ1v) is 7.05. The summed E-state index contributed by atoms with van der Waals surface area (Å²) in [7, 11) is 0. The Kier molecular flexibility index (Phi) is 3.67. The lowest BCUT2D eigenvalue weighted by atomic mass is 10.1. The van der Waals surface area contributed by atoms with Crippen molar-refractivity contribution in [3.8, 4) is 0 Å². The van der Waals surface area contributed by atoms with Crippen LogP contribution in [0.1, 0.15) is 24.3 Å². The van der Waals surface area contributed by atoms with Gasteiger partial charge in [0.2, 0.25) is 5.91 Å². The second-order valence-electron chi connectivity index (χ2n) is 5.83. The van der Waals surface area contributed by atoms with Crippen LogP contribution in [0.25, 0.3) is 0 Å². The maximum Gasteiger partial charge on any atom is 0.226 e. The van der Waals surface area contributed by atoms with Gasteiger partial charge in [-0.25, -0.2) is 8.78 Å². The number of amides is 1. The third-order valence-electron chi connectivity index (χ3n) is 4.36. The van der Waals surface area contributed by atoms with Crippen LogP contribution in [-0.2, 0) is 4.79 Å². The Bertz CT molecular complexity index is 566. The molecular formula is C15H17F2NO3. The van der Waals surface area contributed by atoms with Crippen LogP contribution in [0.2, 0.25) is 0 Å². The Balaban J connectivity index is 1.71. The van der Waals surface area contributed by atoms with Crippen molar-refractivity contribution in [1.29, 1.82) is 0 Å². The van der Waals surface area contributed by atoms with Crippen molar-refractivity contribution in [2.24, 2.45) is 5.92 Å². The molecule has 4 nitrogen and oxygen atoms in total. The number of benzene rings is 1. The zero-order chi connectivity index (χ0) is 15.1. The van der Waals surface area contributed by atoms with E-state index in [0.29, 0.717) is 18.4 Å². The summed E-state index contributed by atoms with van der Waals surface area (Å²) in [5, 5.41) is 18.9. The fourth-order valence-electron chi connectivity index (χ4n) is 3.16. The van der Waals surface area contributed by atoms with Gasteiger partial charge in [-0.3, -0.25) is 4.79 Å². The summed E-state index contributed by atoms with van der Waals surface area (Å²) in [5.41, 5.74) is 0.357. The Labute approximate surface area is 121 Å². The Morgan fingerprint density at radius 1 is 1.33 bits per heavy atom. The number of carbonyl (C=O) groups is 1. The SMILES string of the molecule is O=C([C@@H]1C[C@H]1c1ccc(F)cc1F)N1C[C@@H](O)C[C@H]1CO. The van der Waals surface area contributed by atoms with Gasteiger partial charge in [-0.05, 0) is 30.4 Å². The lowest BCUT2D eigenvalue weighted by molar-refractivity contribution is -0.134. The van der Waals surface area contributed by atoms with E-state index >= 15 is 0 Å². The van der Waals surface area contributed by atoms with Gasteiger partial charge in [0.15, 0.2) is 0 Å². The van der Waals surface area contributed by atoms with Crippen molar-refractivity contribution >= 4 is 5.91 Å². The van der Waals surface area contributed by atoms with Gasteiger partial charge in [-0.1, -0.05) is 6.07 Å². The molecule has 1 heterocycles. The molecule has 1 aliphatic heterocycles. The molecule has 114 valence electrons. The molecule has 1 amide bonds. The maximum absolute atomic E-state index is 13.7. The highest BCUT2D eigenvalue weighted by atomic mass is 19.1. The van der Waals surface area contributed by atoms with Gasteiger partial charge in [0.1, 0.15) is 11.6 Å². The molecule has 3 rings (SSSR count). The van der Waals surface area contributed by atoms with Crippen LogP contribution in [0.15, 0.2) is 18.2 Å². The van der Waals surface area contributed by atoms with E-state index in [2.05, 4.69) is 0 Å². The molecule has 1 aromatic rings. The molecule has 6 heteroatoms. The predicted octanol–water partition coefficient (Wildman–Crippen LogP) is 1.02. The number of nitrogens with zero attached hydrogens (tertiary/aromatic N) is 1. The van der Waals surface area contributed by atoms with Gasteiger partial charge in [0.25, 0.3) is 0 Å². The number of aliphatic hydroxyl groups is 2. The molecule has 0 unspecified atom stereocenters. The second kappa shape index (κ2) is 5.35. The zero-order valence-corrected chi connectivity index (χ0v) is 11.4. The highest BCUT2D eigenvalue weighted by Crippen LogP contribution is 2.49. The molecule has 0 bridgehead atoms. The molecule has 1 saturated carbocycles. The van der Waals surface area contributed by atoms with Crippen molar-refractivity contribution in [3.05, 3.63) is 35.4 Å². The van der Waals surface area contributed by atoms with E-state index in [-0.39, 0.29) is 36.9 Å². The average molecular weight is 297 g/mol. The summed E-state index contributed by atoms with van der Waals surface area (Å²) >= 11 is 0. The van der Waals surface area contributed by atoms with Crippen LogP contribution in [0.4, 0.5) is 8.78 Å². The van der Waals surface area contributed by atoms with E-state index < -0.39 is 17.7 Å². The monoisotopic (exact) mass is 297 g/mol. The van der Waals surface area contributed by atoms with E-state index in [1.165, 1.54) is 17.0 Å². The van der Waals surface area contributed by atoms with E-state index in [9.17, 15) is 23.8 Å². The molecule has 1 aromatic carbocycles. The smallest absolute Gasteiger partial charge is 0.226 e. The van der Waals surface area contributed by atoms with Gasteiger partial charge in [0, 0.05) is 18.5 Å². The van der Waals surface area contributed by atoms with Crippen LogP contribution in [0.3, 0.4) is 0 Å². The number of hydrogen-bond acceptors (Lipinski definition) is 3. The summed E-state index contributed by atoms with van der Waals surface area (Å²) < 4.78 is 26.6. The number of β-amino-alcohol motifs (C(OH)–C–C–N with tert-alkyl or cyclic N) is 1. The molecule has 0 radical (unpaired) electrons. The van der Waals surface area contributed by atoms with Crippen molar-refractivity contribution in [2.75, 3.05) is 13.2 Å². The van der Waals surface area contributed by atoms with Crippen molar-refractivity contribution < 1.29 is 23.8 Å². The minimum absolute atomic E-state index is 0.167. The van der Waals surface area contributed by atoms with Gasteiger partial charge in [0.05, 0.1) is 18.8 Å². The van der Waals surface area contributed by atoms with Crippen molar-refractivity contribution in [1.82, 2.24) is 4.90 Å². The number of halogens is 2. The highest BCUT2D eigenvalue weighted by molar-refractivity contribution is 5.83. The Morgan fingerprint density at radius 2 is 2.10 bits per heavy atom. The second-order valence-corrected chi connectivity index (χ2v) is 5.83. The number of rotatable bonds is 3. The van der Waals surface area contributed by atoms with Gasteiger partial charge in [-0.2, -0.15) is 0 Å². The number of hydrogen-bond donors (Lipinski definition) is 2. The molecule has 1 saturated heterocycles. The molecule has 0 aromatic heterocycles. The largest absolute Gasteiger partial charge is 0.394 e. The Hall–Kier alpha value is -1.53. The quantitative estimate of drug-likeness (QED) is 0.876. The fourth-order valence-corrected chi connectivity index (χ4v) is 3.16. The molecule has 21 heavy (non-hydrogen) atoms. The zero-order valence-electron chi connectivity index (χ0n) is 11.4. The Morgan fingerprint density at radius 3 is 2.76 bits per heavy atom. The highest BCUT2D eigenvalue weighted by Gasteiger charge is 2.49. The molecule has 1 aliphatic carbocycles. The van der Waals surface area contributed by atoms with E-state index in [0.717, 1.165) is 6.07 Å². The average Bonchev–Trinajstić information content (AvgIpc) is 3.13. The third-order valence-corrected chi connectivity index (χ3v) is 4.36. The lowest BCUT2D eigenvalue weighted by Crippen LogP contribution is -2.39. The van der Waals surface area contributed by atoms with Gasteiger partial charge >= 0.3 is 0 Å². The first kappa shape index (κ1) is 14.4. The summed E-state index contributed by atoms with van der Waals surface area (Å²) in [6.45, 7) is 0.0181. The van der Waals surface area contributed by atoms with Crippen LogP contribution in [0, 0.1) is 17.6 Å². The van der Waals surface area contributed by atoms with E-state index in [1.807, 2.05) is 0 Å². The van der Waals surface area contributed by atoms with Crippen LogP contribution >= 0.6 is 0 Å². The normalized spacial score (nSPS) is 31.5. The molecular weight excluding hydrogens is 280 g/mol. The summed E-state index contributed by atoms with van der Waals surface area (Å²) in [6.07, 6.45) is 0.266. The van der Waals surface area contributed by atoms with E-state index in [4.69, 9.17) is 0 Å². The standard InChI is InChI=1S/C15H17F2NO3/c16-8-1-2-11(14(17)3-8)12-5-13(12)15(21)18-6-10(20)4-9(18)7-19/h1-3,9-10,12-13,19-20H,4-7H2/t9-,10-,12-,13+/m0/s1. The van der Waals surface area contributed by atoms with Gasteiger partial charge in [-0.15, -0.1) is 0 Å². The summed E-state index contributed by atoms with van der Waals surface area (Å²) in [5.74, 6) is -2.02. The molecule has 4 atom stereocenters. The van der Waals surface area contributed by atoms with Crippen molar-refractivity contribution in [3.63, 3.8) is 0 Å². The van der Waals surface area contributed by atoms with Crippen molar-refractivity contribution in [2.45, 2.75) is 30.9 Å². The number of likely N-dealkylation sites (tertiary alicyclic amines) is 1. The van der Waals surface area contributed by atoms with Crippen LogP contribution in [-0.4, -0.2) is 46.3 Å². The summed E-state index contributed by atoms with van der Waals surface area (Å²) in [4.78, 5) is 13.9. The molecule has 0 spiro atoms. The number of carbonyl (C=O) groups excluding carboxylic acids is 1. The minimum Gasteiger partial charge on any atom is -0.394 e. The van der Waals surface area contributed by atoms with Gasteiger partial charge < -0.3 is 15.1 Å². The first-order chi connectivity index (χ1) is 10.0. The molecule has 2 N–H and O–H groups in total. The first-order valence-electron chi connectivity index (χ1n) is 7.05. The van der Waals surface area contributed by atoms with Crippen LogP contribution < -0.4 is 0 Å². The topological polar surface area (TPSA) is 60.8 Å². The number of aliphatic hydroxyl groups excluding tert-OH is 2. The van der Waals surface area contributed by atoms with E-state index in [1.54, 1.807) is 0 Å². The van der Waals surface area contributed by atoms with Crippen LogP contribution in [0.5, 0.6) is 0 Å².